The molecule has 0 bridgehead atoms. The van der Waals surface area contributed by atoms with Gasteiger partial charge < -0.3 is 10.1 Å². The molecular weight excluding hydrogens is 242 g/mol. The number of aromatic nitrogens is 4. The highest BCUT2D eigenvalue weighted by Crippen LogP contribution is 2.02. The Kier molecular flexibility index (Phi) is 6.37. The van der Waals surface area contributed by atoms with E-state index in [-0.39, 0.29) is 5.54 Å². The zero-order valence-electron chi connectivity index (χ0n) is 12.8. The Bertz CT molecular complexity index is 356. The first-order valence-electron chi connectivity index (χ1n) is 6.96. The number of ether oxygens (including phenoxy) is 1. The Balaban J connectivity index is 2.28. The molecule has 110 valence electrons. The van der Waals surface area contributed by atoms with Gasteiger partial charge in [0.2, 0.25) is 0 Å². The fourth-order valence-corrected chi connectivity index (χ4v) is 1.50. The average molecular weight is 269 g/mol. The van der Waals surface area contributed by atoms with E-state index in [9.17, 15) is 0 Å². The summed E-state index contributed by atoms with van der Waals surface area (Å²) in [7, 11) is 0. The van der Waals surface area contributed by atoms with Crippen LogP contribution >= 0.6 is 0 Å². The van der Waals surface area contributed by atoms with Gasteiger partial charge in [0.05, 0.1) is 6.54 Å². The second-order valence-electron chi connectivity index (χ2n) is 6.24. The predicted octanol–water partition coefficient (Wildman–Crippen LogP) is 1.62. The second kappa shape index (κ2) is 7.55. The molecule has 0 aliphatic heterocycles. The number of aryl methyl sites for hydroxylation is 1. The topological polar surface area (TPSA) is 64.9 Å². The van der Waals surface area contributed by atoms with E-state index >= 15 is 0 Å². The minimum atomic E-state index is 0.0666. The molecule has 1 N–H and O–H groups in total. The summed E-state index contributed by atoms with van der Waals surface area (Å²) < 4.78 is 7.39. The van der Waals surface area contributed by atoms with Crippen molar-refractivity contribution in [1.82, 2.24) is 25.5 Å². The molecule has 0 saturated carbocycles. The number of hydrogen-bond donors (Lipinski definition) is 1. The van der Waals surface area contributed by atoms with Crippen molar-refractivity contribution in [3.8, 4) is 0 Å². The zero-order valence-corrected chi connectivity index (χ0v) is 12.8. The van der Waals surface area contributed by atoms with Crippen molar-refractivity contribution in [1.29, 1.82) is 0 Å². The summed E-state index contributed by atoms with van der Waals surface area (Å²) in [4.78, 5) is 0. The molecule has 6 heteroatoms. The standard InChI is InChI=1S/C13H27N5O/c1-11(2)10-19-8-6-7-18-12(15-16-17-18)9-14-13(3,4)5/h11,14H,6-10H2,1-5H3. The molecule has 0 aliphatic carbocycles. The normalized spacial score (nSPS) is 12.3. The third-order valence-corrected chi connectivity index (χ3v) is 2.49. The maximum Gasteiger partial charge on any atom is 0.165 e. The van der Waals surface area contributed by atoms with E-state index in [1.54, 1.807) is 0 Å². The molecule has 6 nitrogen and oxygen atoms in total. The molecule has 0 aliphatic rings. The van der Waals surface area contributed by atoms with Crippen LogP contribution in [0.3, 0.4) is 0 Å². The van der Waals surface area contributed by atoms with Crippen molar-refractivity contribution in [2.75, 3.05) is 13.2 Å². The summed E-state index contributed by atoms with van der Waals surface area (Å²) in [6, 6.07) is 0. The average Bonchev–Trinajstić information content (AvgIpc) is 2.72. The summed E-state index contributed by atoms with van der Waals surface area (Å²) in [5.74, 6) is 1.46. The van der Waals surface area contributed by atoms with E-state index < -0.39 is 0 Å². The lowest BCUT2D eigenvalue weighted by atomic mass is 10.1. The summed E-state index contributed by atoms with van der Waals surface area (Å²) in [5, 5.41) is 15.2. The quantitative estimate of drug-likeness (QED) is 0.727. The minimum absolute atomic E-state index is 0.0666. The molecule has 19 heavy (non-hydrogen) atoms. The predicted molar refractivity (Wildman–Crippen MR) is 74.7 cm³/mol. The van der Waals surface area contributed by atoms with Gasteiger partial charge in [-0.2, -0.15) is 0 Å². The lowest BCUT2D eigenvalue weighted by Gasteiger charge is -2.19. The first-order valence-corrected chi connectivity index (χ1v) is 6.96. The number of nitrogens with one attached hydrogen (secondary N) is 1. The van der Waals surface area contributed by atoms with Crippen molar-refractivity contribution < 1.29 is 4.74 Å². The van der Waals surface area contributed by atoms with Crippen molar-refractivity contribution in [3.05, 3.63) is 5.82 Å². The Labute approximate surface area is 115 Å². The maximum absolute atomic E-state index is 5.55. The van der Waals surface area contributed by atoms with Gasteiger partial charge in [-0.3, -0.25) is 0 Å². The number of nitrogens with zero attached hydrogens (tertiary/aromatic N) is 4. The SMILES string of the molecule is CC(C)COCCCn1nnnc1CNC(C)(C)C. The molecule has 0 spiro atoms. The van der Waals surface area contributed by atoms with Crippen molar-refractivity contribution in [2.45, 2.75) is 59.7 Å². The molecule has 1 rings (SSSR count). The molecular formula is C13H27N5O. The van der Waals surface area contributed by atoms with Crippen LogP contribution in [0.1, 0.15) is 46.9 Å². The fraction of sp³-hybridized carbons (Fsp3) is 0.923. The van der Waals surface area contributed by atoms with Gasteiger partial charge in [-0.1, -0.05) is 13.8 Å². The largest absolute Gasteiger partial charge is 0.381 e. The number of hydrogen-bond acceptors (Lipinski definition) is 5. The summed E-state index contributed by atoms with van der Waals surface area (Å²) in [6.45, 7) is 13.7. The highest BCUT2D eigenvalue weighted by molar-refractivity contribution is 4.83. The maximum atomic E-state index is 5.55. The van der Waals surface area contributed by atoms with Gasteiger partial charge in [-0.05, 0) is 43.5 Å². The van der Waals surface area contributed by atoms with Gasteiger partial charge in [-0.25, -0.2) is 4.68 Å². The van der Waals surface area contributed by atoms with Gasteiger partial charge in [0.1, 0.15) is 0 Å². The summed E-state index contributed by atoms with van der Waals surface area (Å²) >= 11 is 0. The van der Waals surface area contributed by atoms with E-state index in [1.165, 1.54) is 0 Å². The molecule has 0 unspecified atom stereocenters. The van der Waals surface area contributed by atoms with Gasteiger partial charge >= 0.3 is 0 Å². The molecule has 0 aromatic carbocycles. The third-order valence-electron chi connectivity index (χ3n) is 2.49. The number of tetrazole rings is 1. The summed E-state index contributed by atoms with van der Waals surface area (Å²) in [6.07, 6.45) is 0.931. The van der Waals surface area contributed by atoms with E-state index in [1.807, 2.05) is 4.68 Å². The van der Waals surface area contributed by atoms with E-state index in [2.05, 4.69) is 55.5 Å². The smallest absolute Gasteiger partial charge is 0.165 e. The molecule has 1 aromatic heterocycles. The molecule has 1 heterocycles. The van der Waals surface area contributed by atoms with E-state index in [0.29, 0.717) is 12.5 Å². The van der Waals surface area contributed by atoms with Crippen LogP contribution in [-0.4, -0.2) is 39.0 Å². The van der Waals surface area contributed by atoms with Crippen LogP contribution in [0.15, 0.2) is 0 Å². The Morgan fingerprint density at radius 1 is 1.32 bits per heavy atom. The van der Waals surface area contributed by atoms with Gasteiger partial charge in [0.25, 0.3) is 0 Å². The lowest BCUT2D eigenvalue weighted by Crippen LogP contribution is -2.36. The Morgan fingerprint density at radius 2 is 2.05 bits per heavy atom. The van der Waals surface area contributed by atoms with Gasteiger partial charge in [-0.15, -0.1) is 5.10 Å². The molecule has 0 radical (unpaired) electrons. The van der Waals surface area contributed by atoms with Crippen LogP contribution in [0, 0.1) is 5.92 Å². The van der Waals surface area contributed by atoms with E-state index in [0.717, 1.165) is 32.0 Å². The summed E-state index contributed by atoms with van der Waals surface area (Å²) in [5.41, 5.74) is 0.0666. The van der Waals surface area contributed by atoms with Gasteiger partial charge in [0.15, 0.2) is 5.82 Å². The molecule has 0 atom stereocenters. The van der Waals surface area contributed by atoms with Crippen molar-refractivity contribution >= 4 is 0 Å². The zero-order chi connectivity index (χ0) is 14.3. The van der Waals surface area contributed by atoms with Crippen LogP contribution in [0.5, 0.6) is 0 Å². The number of rotatable bonds is 8. The van der Waals surface area contributed by atoms with Crippen LogP contribution in [0.25, 0.3) is 0 Å². The third kappa shape index (κ3) is 7.22. The highest BCUT2D eigenvalue weighted by Gasteiger charge is 2.12. The van der Waals surface area contributed by atoms with Crippen molar-refractivity contribution in [2.24, 2.45) is 5.92 Å². The Hall–Kier alpha value is -1.01. The van der Waals surface area contributed by atoms with Crippen LogP contribution < -0.4 is 5.32 Å². The lowest BCUT2D eigenvalue weighted by molar-refractivity contribution is 0.104. The molecule has 0 saturated heterocycles. The van der Waals surface area contributed by atoms with Crippen molar-refractivity contribution in [3.63, 3.8) is 0 Å². The van der Waals surface area contributed by atoms with Crippen LogP contribution in [0.2, 0.25) is 0 Å². The molecule has 1 aromatic rings. The van der Waals surface area contributed by atoms with E-state index in [4.69, 9.17) is 4.74 Å². The fourth-order valence-electron chi connectivity index (χ4n) is 1.50. The first kappa shape index (κ1) is 16.0. The Morgan fingerprint density at radius 3 is 2.68 bits per heavy atom. The first-order chi connectivity index (χ1) is 8.88. The van der Waals surface area contributed by atoms with Crippen LogP contribution in [0.4, 0.5) is 0 Å². The van der Waals surface area contributed by atoms with Crippen LogP contribution in [-0.2, 0) is 17.8 Å². The molecule has 0 fully saturated rings. The minimum Gasteiger partial charge on any atom is -0.381 e. The monoisotopic (exact) mass is 269 g/mol. The van der Waals surface area contributed by atoms with Gasteiger partial charge in [0, 0.05) is 25.3 Å². The highest BCUT2D eigenvalue weighted by atomic mass is 16.5. The molecule has 0 amide bonds. The second-order valence-corrected chi connectivity index (χ2v) is 6.24.